The minimum Gasteiger partial charge on any atom is -0.371 e. The number of ether oxygens (including phenoxy) is 1. The summed E-state index contributed by atoms with van der Waals surface area (Å²) in [7, 11) is 4.07. The molecule has 190 valence electrons. The van der Waals surface area contributed by atoms with E-state index in [2.05, 4.69) is 38.5 Å². The van der Waals surface area contributed by atoms with Crippen molar-refractivity contribution in [1.29, 1.82) is 0 Å². The van der Waals surface area contributed by atoms with Crippen LogP contribution in [-0.2, 0) is 17.8 Å². The number of anilines is 2. The number of imidazole rings is 1. The van der Waals surface area contributed by atoms with Gasteiger partial charge in [-0.15, -0.1) is 0 Å². The molecule has 37 heavy (non-hydrogen) atoms. The molecule has 6 rings (SSSR count). The fourth-order valence-corrected chi connectivity index (χ4v) is 5.12. The molecule has 4 heterocycles. The molecule has 1 amide bonds. The van der Waals surface area contributed by atoms with Crippen LogP contribution in [0.5, 0.6) is 0 Å². The molecule has 9 heteroatoms. The van der Waals surface area contributed by atoms with Gasteiger partial charge in [0.2, 0.25) is 0 Å². The molecule has 2 aliphatic rings. The smallest absolute Gasteiger partial charge is 0.254 e. The molecule has 4 aromatic rings. The van der Waals surface area contributed by atoms with E-state index in [1.165, 1.54) is 6.42 Å². The Hall–Kier alpha value is -3.82. The standard InChI is InChI=1S/C28H31N7O2/c1-17(37-18-5-4-6-18)19-8-10-25(33-23(19)16-34(2)3)32-22-9-7-20(21-13-31-28(36)27(21)22)24-14-30-26-15-29-11-12-35(24)26/h7-12,14-15,17-18H,4-6,13,16H2,1-3H3,(H,31,36)(H,32,33)/t17-/m1/s1. The van der Waals surface area contributed by atoms with Crippen LogP contribution in [0.15, 0.2) is 49.1 Å². The summed E-state index contributed by atoms with van der Waals surface area (Å²) in [6, 6.07) is 8.05. The number of hydrogen-bond acceptors (Lipinski definition) is 7. The maximum absolute atomic E-state index is 12.9. The second kappa shape index (κ2) is 9.57. The van der Waals surface area contributed by atoms with E-state index >= 15 is 0 Å². The first kappa shape index (κ1) is 23.6. The van der Waals surface area contributed by atoms with Crippen molar-refractivity contribution in [1.82, 2.24) is 29.6 Å². The van der Waals surface area contributed by atoms with Crippen LogP contribution in [-0.4, -0.2) is 50.4 Å². The van der Waals surface area contributed by atoms with Gasteiger partial charge in [0.15, 0.2) is 5.65 Å². The maximum Gasteiger partial charge on any atom is 0.254 e. The van der Waals surface area contributed by atoms with Gasteiger partial charge in [-0.25, -0.2) is 9.97 Å². The summed E-state index contributed by atoms with van der Waals surface area (Å²) in [5, 5.41) is 6.41. The lowest BCUT2D eigenvalue weighted by molar-refractivity contribution is -0.0451. The van der Waals surface area contributed by atoms with E-state index in [0.717, 1.165) is 52.3 Å². The first-order valence-electron chi connectivity index (χ1n) is 12.8. The van der Waals surface area contributed by atoms with E-state index in [0.29, 0.717) is 30.6 Å². The average Bonchev–Trinajstić information content (AvgIpc) is 3.46. The van der Waals surface area contributed by atoms with Crippen molar-refractivity contribution in [3.8, 4) is 11.3 Å². The molecule has 0 bridgehead atoms. The third kappa shape index (κ3) is 4.45. The molecule has 1 atom stereocenters. The summed E-state index contributed by atoms with van der Waals surface area (Å²) >= 11 is 0. The van der Waals surface area contributed by atoms with Crippen molar-refractivity contribution >= 4 is 23.1 Å². The van der Waals surface area contributed by atoms with Crippen molar-refractivity contribution in [2.45, 2.75) is 51.5 Å². The van der Waals surface area contributed by atoms with E-state index in [1.807, 2.05) is 49.1 Å². The Kier molecular flexibility index (Phi) is 6.10. The van der Waals surface area contributed by atoms with Gasteiger partial charge in [-0.1, -0.05) is 12.1 Å². The van der Waals surface area contributed by atoms with E-state index in [9.17, 15) is 4.79 Å². The van der Waals surface area contributed by atoms with Crippen LogP contribution in [0.25, 0.3) is 16.9 Å². The molecule has 3 aromatic heterocycles. The zero-order chi connectivity index (χ0) is 25.5. The number of fused-ring (bicyclic) bond motifs is 2. The van der Waals surface area contributed by atoms with Crippen molar-refractivity contribution in [3.63, 3.8) is 0 Å². The Morgan fingerprint density at radius 1 is 1.22 bits per heavy atom. The summed E-state index contributed by atoms with van der Waals surface area (Å²) in [6.07, 6.45) is 11.0. The highest BCUT2D eigenvalue weighted by Crippen LogP contribution is 2.36. The van der Waals surface area contributed by atoms with Crippen LogP contribution >= 0.6 is 0 Å². The summed E-state index contributed by atoms with van der Waals surface area (Å²) < 4.78 is 8.25. The van der Waals surface area contributed by atoms with Gasteiger partial charge in [-0.2, -0.15) is 0 Å². The second-order valence-electron chi connectivity index (χ2n) is 10.1. The Morgan fingerprint density at radius 3 is 2.86 bits per heavy atom. The summed E-state index contributed by atoms with van der Waals surface area (Å²) in [4.78, 5) is 28.6. The van der Waals surface area contributed by atoms with Crippen LogP contribution in [0.1, 0.15) is 59.5 Å². The normalized spacial score (nSPS) is 16.1. The molecule has 1 fully saturated rings. The number of rotatable bonds is 8. The molecule has 9 nitrogen and oxygen atoms in total. The van der Waals surface area contributed by atoms with Gasteiger partial charge in [0, 0.05) is 36.6 Å². The predicted molar refractivity (Wildman–Crippen MR) is 142 cm³/mol. The van der Waals surface area contributed by atoms with Crippen LogP contribution in [0, 0.1) is 0 Å². The number of amides is 1. The molecule has 1 saturated carbocycles. The number of carbonyl (C=O) groups excluding carboxylic acids is 1. The number of nitrogens with one attached hydrogen (secondary N) is 2. The maximum atomic E-state index is 12.9. The number of aromatic nitrogens is 4. The molecule has 2 N–H and O–H groups in total. The molecular weight excluding hydrogens is 466 g/mol. The Balaban J connectivity index is 1.34. The Morgan fingerprint density at radius 2 is 2.08 bits per heavy atom. The molecule has 0 spiro atoms. The van der Waals surface area contributed by atoms with Gasteiger partial charge >= 0.3 is 0 Å². The van der Waals surface area contributed by atoms with E-state index in [-0.39, 0.29) is 12.0 Å². The van der Waals surface area contributed by atoms with Gasteiger partial charge < -0.3 is 20.3 Å². The SMILES string of the molecule is C[C@@H](OC1CCC1)c1ccc(Nc2ccc(-c3cnc4cnccn34)c3c2C(=O)NC3)nc1CN(C)C. The van der Waals surface area contributed by atoms with E-state index < -0.39 is 0 Å². The Bertz CT molecular complexity index is 1470. The van der Waals surface area contributed by atoms with E-state index in [1.54, 1.807) is 12.4 Å². The lowest BCUT2D eigenvalue weighted by atomic mass is 9.95. The first-order valence-corrected chi connectivity index (χ1v) is 12.8. The van der Waals surface area contributed by atoms with E-state index in [4.69, 9.17) is 9.72 Å². The van der Waals surface area contributed by atoms with Crippen molar-refractivity contribution in [2.24, 2.45) is 0 Å². The van der Waals surface area contributed by atoms with Crippen LogP contribution in [0.4, 0.5) is 11.5 Å². The first-order chi connectivity index (χ1) is 18.0. The Labute approximate surface area is 215 Å². The number of nitrogens with zero attached hydrogens (tertiary/aromatic N) is 5. The number of pyridine rings is 1. The molecular formula is C28H31N7O2. The highest BCUT2D eigenvalue weighted by molar-refractivity contribution is 6.06. The second-order valence-corrected chi connectivity index (χ2v) is 10.1. The fraction of sp³-hybridized carbons (Fsp3) is 0.357. The minimum atomic E-state index is -0.0949. The number of benzene rings is 1. The molecule has 1 aliphatic heterocycles. The topological polar surface area (TPSA) is 96.7 Å². The van der Waals surface area contributed by atoms with Gasteiger partial charge in [0.05, 0.1) is 47.2 Å². The number of hydrogen-bond donors (Lipinski definition) is 2. The summed E-state index contributed by atoms with van der Waals surface area (Å²) in [5.74, 6) is 0.606. The van der Waals surface area contributed by atoms with Crippen LogP contribution in [0.2, 0.25) is 0 Å². The number of carbonyl (C=O) groups is 1. The van der Waals surface area contributed by atoms with Crippen LogP contribution in [0.3, 0.4) is 0 Å². The summed E-state index contributed by atoms with van der Waals surface area (Å²) in [5.41, 5.74) is 7.05. The molecule has 0 saturated heterocycles. The quantitative estimate of drug-likeness (QED) is 0.371. The van der Waals surface area contributed by atoms with Crippen molar-refractivity contribution in [3.05, 3.63) is 71.4 Å². The highest BCUT2D eigenvalue weighted by atomic mass is 16.5. The van der Waals surface area contributed by atoms with Gasteiger partial charge in [0.1, 0.15) is 5.82 Å². The zero-order valence-corrected chi connectivity index (χ0v) is 21.4. The largest absolute Gasteiger partial charge is 0.371 e. The third-order valence-corrected chi connectivity index (χ3v) is 7.18. The lowest BCUT2D eigenvalue weighted by Gasteiger charge is -2.30. The molecule has 0 unspecified atom stereocenters. The van der Waals surface area contributed by atoms with Crippen molar-refractivity contribution in [2.75, 3.05) is 19.4 Å². The fourth-order valence-electron chi connectivity index (χ4n) is 5.12. The molecule has 1 aromatic carbocycles. The average molecular weight is 498 g/mol. The van der Waals surface area contributed by atoms with Gasteiger partial charge in [-0.05, 0) is 58.0 Å². The highest BCUT2D eigenvalue weighted by Gasteiger charge is 2.28. The van der Waals surface area contributed by atoms with Crippen LogP contribution < -0.4 is 10.6 Å². The lowest BCUT2D eigenvalue weighted by Crippen LogP contribution is -2.24. The molecule has 0 radical (unpaired) electrons. The minimum absolute atomic E-state index is 0.0169. The molecule has 1 aliphatic carbocycles. The predicted octanol–water partition coefficient (Wildman–Crippen LogP) is 4.47. The van der Waals surface area contributed by atoms with Crippen molar-refractivity contribution < 1.29 is 9.53 Å². The van der Waals surface area contributed by atoms with Gasteiger partial charge in [0.25, 0.3) is 5.91 Å². The summed E-state index contributed by atoms with van der Waals surface area (Å²) in [6.45, 7) is 3.27. The monoisotopic (exact) mass is 497 g/mol. The third-order valence-electron chi connectivity index (χ3n) is 7.18. The zero-order valence-electron chi connectivity index (χ0n) is 21.4. The van der Waals surface area contributed by atoms with Gasteiger partial charge in [-0.3, -0.25) is 14.2 Å².